The van der Waals surface area contributed by atoms with E-state index in [1.807, 2.05) is 0 Å². The SMILES string of the molecule is CCCCCCCCCCCCCCCC(=O)O[C@@H]1[C@@H]2OP(=O)(O)OC[C@H]2O[C@H]1n1cnc2c(=S)nc[nH]c21. The topological polar surface area (TPSA) is 138 Å². The number of ether oxygens (including phenoxy) is 2. The lowest BCUT2D eigenvalue weighted by Crippen LogP contribution is -2.41. The van der Waals surface area contributed by atoms with Crippen molar-refractivity contribution >= 4 is 37.2 Å². The van der Waals surface area contributed by atoms with E-state index in [1.165, 1.54) is 76.9 Å². The molecule has 5 atom stereocenters. The molecule has 2 aliphatic rings. The van der Waals surface area contributed by atoms with Crippen molar-refractivity contribution in [1.29, 1.82) is 0 Å². The van der Waals surface area contributed by atoms with Crippen LogP contribution in [0.5, 0.6) is 0 Å². The first kappa shape index (κ1) is 30.3. The summed E-state index contributed by atoms with van der Waals surface area (Å²) in [5.41, 5.74) is 0.998. The number of carbonyl (C=O) groups excluding carboxylic acids is 1. The van der Waals surface area contributed by atoms with Crippen molar-refractivity contribution in [1.82, 2.24) is 19.5 Å². The monoisotopic (exact) mass is 584 g/mol. The number of carbonyl (C=O) groups is 1. The third kappa shape index (κ3) is 8.41. The molecule has 1 unspecified atom stereocenters. The van der Waals surface area contributed by atoms with Gasteiger partial charge in [0.1, 0.15) is 23.4 Å². The van der Waals surface area contributed by atoms with E-state index in [0.29, 0.717) is 15.8 Å². The van der Waals surface area contributed by atoms with Crippen LogP contribution in [0.1, 0.15) is 103 Å². The van der Waals surface area contributed by atoms with Crippen molar-refractivity contribution in [3.63, 3.8) is 0 Å². The Hall–Kier alpha value is -1.69. The minimum absolute atomic E-state index is 0.161. The van der Waals surface area contributed by atoms with Gasteiger partial charge in [-0.3, -0.25) is 18.4 Å². The van der Waals surface area contributed by atoms with Gasteiger partial charge in [0.25, 0.3) is 0 Å². The Labute approximate surface area is 234 Å². The lowest BCUT2D eigenvalue weighted by Gasteiger charge is -2.29. The highest BCUT2D eigenvalue weighted by Crippen LogP contribution is 2.53. The molecule has 0 radical (unpaired) electrons. The van der Waals surface area contributed by atoms with Gasteiger partial charge in [-0.1, -0.05) is 96.2 Å². The van der Waals surface area contributed by atoms with Crippen molar-refractivity contribution in [3.05, 3.63) is 17.3 Å². The first-order chi connectivity index (χ1) is 18.9. The number of imidazole rings is 1. The highest BCUT2D eigenvalue weighted by atomic mass is 32.1. The second-order valence-electron chi connectivity index (χ2n) is 10.4. The first-order valence-corrected chi connectivity index (χ1v) is 16.2. The molecule has 0 aliphatic carbocycles. The molecule has 4 rings (SSSR count). The molecule has 0 saturated carbocycles. The smallest absolute Gasteiger partial charge is 0.455 e. The van der Waals surface area contributed by atoms with Gasteiger partial charge in [0.2, 0.25) is 0 Å². The van der Waals surface area contributed by atoms with E-state index in [1.54, 1.807) is 4.57 Å². The zero-order valence-electron chi connectivity index (χ0n) is 22.7. The van der Waals surface area contributed by atoms with Gasteiger partial charge in [-0.2, -0.15) is 0 Å². The van der Waals surface area contributed by atoms with E-state index >= 15 is 0 Å². The van der Waals surface area contributed by atoms with Gasteiger partial charge in [0, 0.05) is 6.42 Å². The van der Waals surface area contributed by atoms with Gasteiger partial charge in [-0.25, -0.2) is 14.5 Å². The van der Waals surface area contributed by atoms with E-state index in [2.05, 4.69) is 21.9 Å². The third-order valence-electron chi connectivity index (χ3n) is 7.35. The molecule has 2 N–H and O–H groups in total. The van der Waals surface area contributed by atoms with Crippen molar-refractivity contribution in [2.24, 2.45) is 0 Å². The molecule has 0 aromatic carbocycles. The van der Waals surface area contributed by atoms with Crippen LogP contribution < -0.4 is 0 Å². The van der Waals surface area contributed by atoms with E-state index in [4.69, 9.17) is 30.7 Å². The summed E-state index contributed by atoms with van der Waals surface area (Å²) in [5.74, 6) is -0.404. The van der Waals surface area contributed by atoms with Crippen LogP contribution in [0.25, 0.3) is 11.2 Å². The summed E-state index contributed by atoms with van der Waals surface area (Å²) < 4.78 is 36.2. The van der Waals surface area contributed by atoms with Crippen molar-refractivity contribution < 1.29 is 32.8 Å². The van der Waals surface area contributed by atoms with E-state index < -0.39 is 38.3 Å². The molecule has 0 spiro atoms. The summed E-state index contributed by atoms with van der Waals surface area (Å²) in [5, 5.41) is 0. The summed E-state index contributed by atoms with van der Waals surface area (Å²) in [7, 11) is -4.28. The number of fused-ring (bicyclic) bond motifs is 2. The molecule has 11 nitrogen and oxygen atoms in total. The Bertz CT molecular complexity index is 1170. The molecule has 2 aromatic heterocycles. The average molecular weight is 585 g/mol. The average Bonchev–Trinajstić information content (AvgIpc) is 3.48. The number of nitrogens with one attached hydrogen (secondary N) is 1. The van der Waals surface area contributed by atoms with E-state index in [-0.39, 0.29) is 13.0 Å². The molecular weight excluding hydrogens is 543 g/mol. The second kappa shape index (κ2) is 14.8. The maximum Gasteiger partial charge on any atom is 0.472 e. The summed E-state index contributed by atoms with van der Waals surface area (Å²) >= 11 is 5.25. The molecule has 0 amide bonds. The van der Waals surface area contributed by atoms with Crippen molar-refractivity contribution in [3.8, 4) is 0 Å². The zero-order chi connectivity index (χ0) is 27.7. The van der Waals surface area contributed by atoms with Crippen LogP contribution in [0.4, 0.5) is 0 Å². The Morgan fingerprint density at radius 3 is 2.41 bits per heavy atom. The number of hydrogen-bond acceptors (Lipinski definition) is 9. The Balaban J connectivity index is 1.23. The van der Waals surface area contributed by atoms with Gasteiger partial charge in [0.15, 0.2) is 17.0 Å². The molecule has 13 heteroatoms. The van der Waals surface area contributed by atoms with Crippen LogP contribution in [-0.2, 0) is 27.9 Å². The number of rotatable bonds is 16. The number of aromatic amines is 1. The maximum absolute atomic E-state index is 12.8. The Morgan fingerprint density at radius 2 is 1.74 bits per heavy atom. The lowest BCUT2D eigenvalue weighted by molar-refractivity contribution is -0.158. The predicted octanol–water partition coefficient (Wildman–Crippen LogP) is 6.30. The van der Waals surface area contributed by atoms with Crippen LogP contribution in [0, 0.1) is 4.64 Å². The Morgan fingerprint density at radius 1 is 1.10 bits per heavy atom. The van der Waals surface area contributed by atoms with E-state index in [9.17, 15) is 14.3 Å². The fourth-order valence-electron chi connectivity index (χ4n) is 5.24. The highest BCUT2D eigenvalue weighted by molar-refractivity contribution is 7.71. The van der Waals surface area contributed by atoms with Crippen molar-refractivity contribution in [2.45, 2.75) is 121 Å². The summed E-state index contributed by atoms with van der Waals surface area (Å²) in [6, 6.07) is 0. The maximum atomic E-state index is 12.8. The highest BCUT2D eigenvalue weighted by Gasteiger charge is 2.55. The fourth-order valence-corrected chi connectivity index (χ4v) is 6.40. The number of hydrogen-bond donors (Lipinski definition) is 2. The molecule has 2 aromatic rings. The first-order valence-electron chi connectivity index (χ1n) is 14.3. The van der Waals surface area contributed by atoms with Gasteiger partial charge < -0.3 is 19.4 Å². The summed E-state index contributed by atoms with van der Waals surface area (Å²) in [6.07, 6.45) is 15.6. The van der Waals surface area contributed by atoms with Gasteiger partial charge in [0.05, 0.1) is 19.3 Å². The van der Waals surface area contributed by atoms with Crippen LogP contribution in [0.2, 0.25) is 0 Å². The molecule has 218 valence electrons. The van der Waals surface area contributed by atoms with Crippen LogP contribution in [-0.4, -0.2) is 55.3 Å². The molecular formula is C26H41N4O7PS. The molecule has 0 bridgehead atoms. The molecule has 4 heterocycles. The number of phosphoric ester groups is 1. The minimum Gasteiger partial charge on any atom is -0.455 e. The van der Waals surface area contributed by atoms with E-state index in [0.717, 1.165) is 19.3 Å². The number of unbranched alkanes of at least 4 members (excludes halogenated alkanes) is 12. The summed E-state index contributed by atoms with van der Waals surface area (Å²) in [4.78, 5) is 34.1. The minimum atomic E-state index is -4.28. The fraction of sp³-hybridized carbons (Fsp3) is 0.769. The van der Waals surface area contributed by atoms with Gasteiger partial charge in [-0.05, 0) is 6.42 Å². The molecule has 2 aliphatic heterocycles. The zero-order valence-corrected chi connectivity index (χ0v) is 24.4. The quantitative estimate of drug-likeness (QED) is 0.100. The standard InChI is InChI=1S/C26H41N4O7PS/c1-2-3-4-5-6-7-8-9-10-11-12-13-14-15-20(31)36-23-22-19(16-34-38(32,33)37-22)35-26(23)30-18-29-21-24(30)27-17-28-25(21)39/h17-19,22-23,26H,2-16H2,1H3,(H,32,33)(H,27,28,39)/t19-,22-,23-,26-/m1/s1. The third-order valence-corrected chi connectivity index (χ3v) is 8.63. The van der Waals surface area contributed by atoms with Crippen LogP contribution in [0.3, 0.4) is 0 Å². The van der Waals surface area contributed by atoms with Crippen LogP contribution in [0.15, 0.2) is 12.7 Å². The molecule has 2 saturated heterocycles. The molecule has 2 fully saturated rings. The normalized spacial score (nSPS) is 26.6. The number of nitrogens with zero attached hydrogens (tertiary/aromatic N) is 3. The van der Waals surface area contributed by atoms with Crippen molar-refractivity contribution in [2.75, 3.05) is 6.61 Å². The number of H-pyrrole nitrogens is 1. The molecule has 39 heavy (non-hydrogen) atoms. The van der Waals surface area contributed by atoms with Gasteiger partial charge >= 0.3 is 13.8 Å². The largest absolute Gasteiger partial charge is 0.472 e. The lowest BCUT2D eigenvalue weighted by atomic mass is 10.0. The second-order valence-corrected chi connectivity index (χ2v) is 12.2. The van der Waals surface area contributed by atoms with Crippen LogP contribution >= 0.6 is 20.0 Å². The Kier molecular flexibility index (Phi) is 11.5. The summed E-state index contributed by atoms with van der Waals surface area (Å²) in [6.45, 7) is 2.08. The van der Waals surface area contributed by atoms with Gasteiger partial charge in [-0.15, -0.1) is 0 Å². The number of esters is 1. The number of phosphoric acid groups is 1. The number of aromatic nitrogens is 4. The predicted molar refractivity (Wildman–Crippen MR) is 147 cm³/mol.